The molecule has 4 amide bonds. The van der Waals surface area contributed by atoms with Gasteiger partial charge in [0.05, 0.1) is 28.6 Å². The predicted octanol–water partition coefficient (Wildman–Crippen LogP) is 5.68. The van der Waals surface area contributed by atoms with Crippen LogP contribution >= 0.6 is 0 Å². The van der Waals surface area contributed by atoms with E-state index in [4.69, 9.17) is 0 Å². The summed E-state index contributed by atoms with van der Waals surface area (Å²) < 4.78 is 0. The lowest BCUT2D eigenvalue weighted by Crippen LogP contribution is -2.48. The van der Waals surface area contributed by atoms with Crippen molar-refractivity contribution in [2.45, 2.75) is 25.7 Å². The van der Waals surface area contributed by atoms with E-state index < -0.39 is 40.9 Å². The van der Waals surface area contributed by atoms with Crippen molar-refractivity contribution in [2.24, 2.45) is 11.3 Å². The first-order valence-electron chi connectivity index (χ1n) is 14.1. The topological polar surface area (TPSA) is 74.8 Å². The van der Waals surface area contributed by atoms with Crippen molar-refractivity contribution >= 4 is 41.1 Å². The largest absolute Gasteiger partial charge is 0.273 e. The highest BCUT2D eigenvalue weighted by atomic mass is 16.2. The maximum absolute atomic E-state index is 15.1. The monoisotopic (exact) mass is 550 g/mol. The Balaban J connectivity index is 1.44. The van der Waals surface area contributed by atoms with Gasteiger partial charge in [-0.2, -0.15) is 0 Å². The molecule has 42 heavy (non-hydrogen) atoms. The fourth-order valence-electron chi connectivity index (χ4n) is 7.78. The Hall–Kier alpha value is -5.10. The van der Waals surface area contributed by atoms with Gasteiger partial charge in [-0.3, -0.25) is 19.2 Å². The van der Waals surface area contributed by atoms with E-state index in [1.807, 2.05) is 86.6 Å². The van der Waals surface area contributed by atoms with Gasteiger partial charge in [-0.15, -0.1) is 0 Å². The SMILES string of the molecule is Cc1ccc(N2C(=O)C3=Cc4ccccc4[C@@H]4c5ccccc5[C@H]5C(=O)N(c6ccc(C)cc6)C(=O)[C@@]45C3C2=O)cc1. The fraction of sp³-hybridized carbons (Fsp3) is 0.167. The van der Waals surface area contributed by atoms with Crippen molar-refractivity contribution in [1.82, 2.24) is 0 Å². The van der Waals surface area contributed by atoms with Gasteiger partial charge in [0.1, 0.15) is 0 Å². The Morgan fingerprint density at radius 2 is 1.05 bits per heavy atom. The van der Waals surface area contributed by atoms with Gasteiger partial charge in [0.15, 0.2) is 0 Å². The standard InChI is InChI=1S/C36H26N2O4/c1-20-11-15-23(16-12-20)37-32(39)28-19-22-7-3-4-8-25(22)29-26-9-5-6-10-27(26)30-34(41)38(24-17-13-21(2)14-18-24)35(42)36(29,30)31(28)33(37)40/h3-19,29-31H,1-2H3/t29-,30+,31?,36+/m1/s1. The van der Waals surface area contributed by atoms with Crippen molar-refractivity contribution < 1.29 is 19.2 Å². The lowest BCUT2D eigenvalue weighted by Gasteiger charge is -2.37. The molecule has 1 unspecified atom stereocenters. The number of benzene rings is 4. The second kappa shape index (κ2) is 8.46. The maximum Gasteiger partial charge on any atom is 0.261 e. The minimum atomic E-state index is -1.55. The van der Waals surface area contributed by atoms with Crippen molar-refractivity contribution in [3.8, 4) is 0 Å². The number of aryl methyl sites for hydroxylation is 2. The smallest absolute Gasteiger partial charge is 0.261 e. The zero-order valence-corrected chi connectivity index (χ0v) is 23.1. The fourth-order valence-corrected chi connectivity index (χ4v) is 7.78. The molecule has 4 aliphatic rings. The van der Waals surface area contributed by atoms with Gasteiger partial charge in [0.2, 0.25) is 17.7 Å². The molecule has 2 heterocycles. The average Bonchev–Trinajstić information content (AvgIpc) is 3.47. The molecule has 2 aliphatic heterocycles. The van der Waals surface area contributed by atoms with Crippen molar-refractivity contribution in [3.63, 3.8) is 0 Å². The van der Waals surface area contributed by atoms with E-state index in [1.54, 1.807) is 30.3 Å². The van der Waals surface area contributed by atoms with Crippen LogP contribution in [-0.4, -0.2) is 23.6 Å². The first-order valence-corrected chi connectivity index (χ1v) is 14.1. The van der Waals surface area contributed by atoms with E-state index in [2.05, 4.69) is 0 Å². The van der Waals surface area contributed by atoms with Gasteiger partial charge < -0.3 is 0 Å². The summed E-state index contributed by atoms with van der Waals surface area (Å²) in [7, 11) is 0. The second-order valence-corrected chi connectivity index (χ2v) is 11.7. The molecule has 0 radical (unpaired) electrons. The molecule has 6 heteroatoms. The van der Waals surface area contributed by atoms with Gasteiger partial charge in [-0.25, -0.2) is 9.80 Å². The van der Waals surface area contributed by atoms with Gasteiger partial charge in [0.25, 0.3) is 5.91 Å². The van der Waals surface area contributed by atoms with Crippen LogP contribution in [0.3, 0.4) is 0 Å². The number of amides is 4. The van der Waals surface area contributed by atoms with Crippen LogP contribution in [0.5, 0.6) is 0 Å². The molecule has 0 N–H and O–H groups in total. The first kappa shape index (κ1) is 24.7. The Bertz CT molecular complexity index is 1910. The van der Waals surface area contributed by atoms with Crippen LogP contribution in [0.25, 0.3) is 6.08 Å². The molecule has 1 spiro atoms. The van der Waals surface area contributed by atoms with E-state index >= 15 is 4.79 Å². The third kappa shape index (κ3) is 2.93. The molecule has 2 fully saturated rings. The summed E-state index contributed by atoms with van der Waals surface area (Å²) >= 11 is 0. The summed E-state index contributed by atoms with van der Waals surface area (Å²) in [6.07, 6.45) is 1.77. The predicted molar refractivity (Wildman–Crippen MR) is 159 cm³/mol. The summed E-state index contributed by atoms with van der Waals surface area (Å²) in [5.41, 5.74) is 4.81. The highest BCUT2D eigenvalue weighted by Gasteiger charge is 2.75. The van der Waals surface area contributed by atoms with E-state index in [1.165, 1.54) is 9.80 Å². The average molecular weight is 551 g/mol. The molecule has 2 saturated heterocycles. The van der Waals surface area contributed by atoms with E-state index in [0.717, 1.165) is 33.4 Å². The van der Waals surface area contributed by atoms with Crippen LogP contribution in [0.15, 0.2) is 103 Å². The third-order valence-corrected chi connectivity index (χ3v) is 9.52. The van der Waals surface area contributed by atoms with Crippen molar-refractivity contribution in [1.29, 1.82) is 0 Å². The quantitative estimate of drug-likeness (QED) is 0.301. The summed E-state index contributed by atoms with van der Waals surface area (Å²) in [6, 6.07) is 29.8. The molecule has 8 rings (SSSR count). The lowest BCUT2D eigenvalue weighted by molar-refractivity contribution is -0.135. The second-order valence-electron chi connectivity index (χ2n) is 11.7. The number of imide groups is 2. The maximum atomic E-state index is 15.1. The first-order chi connectivity index (χ1) is 20.3. The Morgan fingerprint density at radius 1 is 0.548 bits per heavy atom. The third-order valence-electron chi connectivity index (χ3n) is 9.52. The van der Waals surface area contributed by atoms with E-state index in [9.17, 15) is 14.4 Å². The number of nitrogens with zero attached hydrogens (tertiary/aromatic N) is 2. The summed E-state index contributed by atoms with van der Waals surface area (Å²) in [5.74, 6) is -4.42. The Kier molecular flexibility index (Phi) is 4.97. The summed E-state index contributed by atoms with van der Waals surface area (Å²) in [6.45, 7) is 3.88. The molecule has 4 aromatic carbocycles. The molecule has 2 aliphatic carbocycles. The number of hydrogen-bond acceptors (Lipinski definition) is 4. The van der Waals surface area contributed by atoms with Gasteiger partial charge in [-0.1, -0.05) is 83.9 Å². The number of hydrogen-bond donors (Lipinski definition) is 0. The minimum Gasteiger partial charge on any atom is -0.273 e. The number of carbonyl (C=O) groups excluding carboxylic acids is 4. The molecule has 0 bridgehead atoms. The number of anilines is 2. The highest BCUT2D eigenvalue weighted by Crippen LogP contribution is 2.69. The number of rotatable bonds is 2. The summed E-state index contributed by atoms with van der Waals surface area (Å²) in [4.78, 5) is 61.1. The lowest BCUT2D eigenvalue weighted by atomic mass is 9.60. The van der Waals surface area contributed by atoms with Crippen LogP contribution in [-0.2, 0) is 19.2 Å². The zero-order valence-electron chi connectivity index (χ0n) is 23.1. The highest BCUT2D eigenvalue weighted by molar-refractivity contribution is 6.35. The number of fused-ring (bicyclic) bond motifs is 6. The van der Waals surface area contributed by atoms with Gasteiger partial charge in [-0.05, 0) is 66.4 Å². The molecule has 204 valence electrons. The van der Waals surface area contributed by atoms with Gasteiger partial charge >= 0.3 is 0 Å². The van der Waals surface area contributed by atoms with Gasteiger partial charge in [0, 0.05) is 11.5 Å². The molecule has 0 saturated carbocycles. The minimum absolute atomic E-state index is 0.250. The molecule has 0 aromatic heterocycles. The molecule has 4 atom stereocenters. The molecular weight excluding hydrogens is 524 g/mol. The van der Waals surface area contributed by atoms with Crippen molar-refractivity contribution in [3.05, 3.63) is 136 Å². The summed E-state index contributed by atoms with van der Waals surface area (Å²) in [5, 5.41) is 0. The van der Waals surface area contributed by atoms with Crippen LogP contribution in [0, 0.1) is 25.2 Å². The van der Waals surface area contributed by atoms with E-state index in [-0.39, 0.29) is 11.5 Å². The Labute approximate surface area is 242 Å². The zero-order chi connectivity index (χ0) is 28.9. The molecule has 6 nitrogen and oxygen atoms in total. The van der Waals surface area contributed by atoms with Crippen LogP contribution in [0.2, 0.25) is 0 Å². The van der Waals surface area contributed by atoms with Crippen LogP contribution in [0.1, 0.15) is 45.2 Å². The normalized spacial score (nSPS) is 25.5. The van der Waals surface area contributed by atoms with Crippen LogP contribution in [0.4, 0.5) is 11.4 Å². The van der Waals surface area contributed by atoms with Crippen LogP contribution < -0.4 is 9.80 Å². The van der Waals surface area contributed by atoms with E-state index in [0.29, 0.717) is 11.4 Å². The Morgan fingerprint density at radius 3 is 1.67 bits per heavy atom. The molecule has 4 aromatic rings. The van der Waals surface area contributed by atoms with Crippen molar-refractivity contribution in [2.75, 3.05) is 9.80 Å². The molecular formula is C36H26N2O4. The number of carbonyl (C=O) groups is 4.